The highest BCUT2D eigenvalue weighted by Crippen LogP contribution is 2.44. The van der Waals surface area contributed by atoms with Crippen LogP contribution in [0.4, 0.5) is 14.5 Å². The number of rotatable bonds is 6. The Morgan fingerprint density at radius 3 is 2.41 bits per heavy atom. The fourth-order valence-electron chi connectivity index (χ4n) is 3.35. The van der Waals surface area contributed by atoms with Crippen LogP contribution in [0.15, 0.2) is 71.2 Å². The molecule has 2 atom stereocenters. The number of hydrogen-bond acceptors (Lipinski definition) is 3. The molecular formula is C20H16BrF2NO3. The van der Waals surface area contributed by atoms with Gasteiger partial charge in [-0.1, -0.05) is 48.5 Å². The Hall–Kier alpha value is -2.54. The van der Waals surface area contributed by atoms with Gasteiger partial charge in [0.1, 0.15) is 0 Å². The van der Waals surface area contributed by atoms with Crippen LogP contribution in [0, 0.1) is 0 Å². The van der Waals surface area contributed by atoms with E-state index in [4.69, 9.17) is 5.11 Å². The quantitative estimate of drug-likeness (QED) is 0.704. The number of carboxylic acids is 1. The Bertz CT molecular complexity index is 901. The molecule has 2 aromatic rings. The maximum atomic E-state index is 14.3. The van der Waals surface area contributed by atoms with Crippen LogP contribution in [0.5, 0.6) is 0 Å². The molecule has 0 spiro atoms. The maximum absolute atomic E-state index is 14.3. The second-order valence-corrected chi connectivity index (χ2v) is 7.20. The third-order valence-corrected chi connectivity index (χ3v) is 5.39. The number of ketones is 1. The van der Waals surface area contributed by atoms with Crippen LogP contribution in [-0.4, -0.2) is 28.8 Å². The smallest absolute Gasteiger partial charge is 0.374 e. The van der Waals surface area contributed by atoms with Crippen LogP contribution in [-0.2, 0) is 15.0 Å². The van der Waals surface area contributed by atoms with Crippen molar-refractivity contribution in [1.82, 2.24) is 0 Å². The SMILES string of the molecule is O=C(O)C(F)(F)C[C@]1(c2ccccc2)C(=O)C=C[C@H]1Nc1ccccc1Br. The van der Waals surface area contributed by atoms with Crippen LogP contribution in [0.25, 0.3) is 0 Å². The summed E-state index contributed by atoms with van der Waals surface area (Å²) in [6, 6.07) is 14.4. The van der Waals surface area contributed by atoms with Gasteiger partial charge in [0.2, 0.25) is 0 Å². The summed E-state index contributed by atoms with van der Waals surface area (Å²) < 4.78 is 29.3. The molecule has 2 N–H and O–H groups in total. The van der Waals surface area contributed by atoms with E-state index in [1.165, 1.54) is 12.2 Å². The fraction of sp³-hybridized carbons (Fsp3) is 0.200. The van der Waals surface area contributed by atoms with Crippen molar-refractivity contribution in [2.45, 2.75) is 23.8 Å². The first-order chi connectivity index (χ1) is 12.8. The second-order valence-electron chi connectivity index (χ2n) is 6.35. The zero-order chi connectivity index (χ0) is 19.7. The summed E-state index contributed by atoms with van der Waals surface area (Å²) in [6.45, 7) is 0. The molecule has 0 bridgehead atoms. The number of para-hydroxylation sites is 1. The van der Waals surface area contributed by atoms with Crippen LogP contribution in [0.1, 0.15) is 12.0 Å². The van der Waals surface area contributed by atoms with Gasteiger partial charge in [-0.05, 0) is 39.7 Å². The molecule has 2 aromatic carbocycles. The van der Waals surface area contributed by atoms with Crippen molar-refractivity contribution in [1.29, 1.82) is 0 Å². The minimum Gasteiger partial charge on any atom is -0.477 e. The third-order valence-electron chi connectivity index (χ3n) is 4.70. The Kier molecular flexibility index (Phi) is 5.15. The molecule has 3 rings (SSSR count). The minimum atomic E-state index is -4.06. The molecule has 27 heavy (non-hydrogen) atoms. The average molecular weight is 436 g/mol. The summed E-state index contributed by atoms with van der Waals surface area (Å²) in [5.74, 6) is -6.87. The Labute approximate surface area is 163 Å². The average Bonchev–Trinajstić information content (AvgIpc) is 2.94. The number of nitrogens with one attached hydrogen (secondary N) is 1. The lowest BCUT2D eigenvalue weighted by Gasteiger charge is -2.37. The van der Waals surface area contributed by atoms with Crippen molar-refractivity contribution in [3.05, 3.63) is 76.8 Å². The van der Waals surface area contributed by atoms with Crippen LogP contribution in [0.2, 0.25) is 0 Å². The van der Waals surface area contributed by atoms with Gasteiger partial charge in [-0.3, -0.25) is 4.79 Å². The van der Waals surface area contributed by atoms with E-state index in [1.807, 2.05) is 0 Å². The number of benzene rings is 2. The first-order valence-electron chi connectivity index (χ1n) is 8.18. The van der Waals surface area contributed by atoms with Gasteiger partial charge in [0.15, 0.2) is 5.78 Å². The van der Waals surface area contributed by atoms with Gasteiger partial charge in [0, 0.05) is 16.6 Å². The molecule has 0 unspecified atom stereocenters. The number of allylic oxidation sites excluding steroid dienone is 1. The van der Waals surface area contributed by atoms with Crippen molar-refractivity contribution in [2.75, 3.05) is 5.32 Å². The zero-order valence-electron chi connectivity index (χ0n) is 14.0. The summed E-state index contributed by atoms with van der Waals surface area (Å²) in [5.41, 5.74) is -0.787. The molecule has 140 valence electrons. The largest absolute Gasteiger partial charge is 0.477 e. The molecular weight excluding hydrogens is 420 g/mol. The first kappa shape index (κ1) is 19.2. The van der Waals surface area contributed by atoms with Gasteiger partial charge in [0.25, 0.3) is 0 Å². The number of halogens is 3. The molecule has 0 aromatic heterocycles. The molecule has 0 saturated carbocycles. The highest BCUT2D eigenvalue weighted by Gasteiger charge is 2.56. The minimum absolute atomic E-state index is 0.338. The number of carbonyl (C=O) groups is 2. The number of hydrogen-bond donors (Lipinski definition) is 2. The molecule has 0 aliphatic heterocycles. The molecule has 7 heteroatoms. The van der Waals surface area contributed by atoms with E-state index < -0.39 is 35.6 Å². The van der Waals surface area contributed by atoms with E-state index in [9.17, 15) is 18.4 Å². The molecule has 0 saturated heterocycles. The number of alkyl halides is 2. The second kappa shape index (κ2) is 7.23. The van der Waals surface area contributed by atoms with Crippen molar-refractivity contribution >= 4 is 33.4 Å². The van der Waals surface area contributed by atoms with Crippen molar-refractivity contribution in [2.24, 2.45) is 0 Å². The maximum Gasteiger partial charge on any atom is 0.374 e. The fourth-order valence-corrected chi connectivity index (χ4v) is 3.75. The molecule has 0 amide bonds. The molecule has 0 heterocycles. The van der Waals surface area contributed by atoms with Gasteiger partial charge in [-0.15, -0.1) is 0 Å². The lowest BCUT2D eigenvalue weighted by Crippen LogP contribution is -2.51. The number of aliphatic carboxylic acids is 1. The lowest BCUT2D eigenvalue weighted by molar-refractivity contribution is -0.168. The van der Waals surface area contributed by atoms with E-state index in [1.54, 1.807) is 54.6 Å². The van der Waals surface area contributed by atoms with Crippen LogP contribution in [0.3, 0.4) is 0 Å². The Balaban J connectivity index is 2.10. The van der Waals surface area contributed by atoms with E-state index in [-0.39, 0.29) is 0 Å². The summed E-state index contributed by atoms with van der Waals surface area (Å²) >= 11 is 3.38. The van der Waals surface area contributed by atoms with E-state index >= 15 is 0 Å². The van der Waals surface area contributed by atoms with Gasteiger partial charge in [0.05, 0.1) is 11.5 Å². The topological polar surface area (TPSA) is 66.4 Å². The number of carboxylic acid groups (broad SMARTS) is 1. The number of carbonyl (C=O) groups excluding carboxylic acids is 1. The van der Waals surface area contributed by atoms with Gasteiger partial charge >= 0.3 is 11.9 Å². The first-order valence-corrected chi connectivity index (χ1v) is 8.97. The highest BCUT2D eigenvalue weighted by molar-refractivity contribution is 9.10. The molecule has 0 fully saturated rings. The molecule has 1 aliphatic carbocycles. The summed E-state index contributed by atoms with van der Waals surface area (Å²) in [5, 5.41) is 12.1. The van der Waals surface area contributed by atoms with E-state index in [2.05, 4.69) is 21.2 Å². The monoisotopic (exact) mass is 435 g/mol. The normalized spacial score (nSPS) is 22.0. The van der Waals surface area contributed by atoms with Crippen LogP contribution >= 0.6 is 15.9 Å². The summed E-state index contributed by atoms with van der Waals surface area (Å²) in [7, 11) is 0. The Morgan fingerprint density at radius 1 is 1.15 bits per heavy atom. The van der Waals surface area contributed by atoms with Gasteiger partial charge < -0.3 is 10.4 Å². The third kappa shape index (κ3) is 3.51. The zero-order valence-corrected chi connectivity index (χ0v) is 15.6. The van der Waals surface area contributed by atoms with Gasteiger partial charge in [-0.2, -0.15) is 8.78 Å². The molecule has 1 aliphatic rings. The van der Waals surface area contributed by atoms with Crippen molar-refractivity contribution in [3.63, 3.8) is 0 Å². The summed E-state index contributed by atoms with van der Waals surface area (Å²) in [4.78, 5) is 23.9. The van der Waals surface area contributed by atoms with Crippen molar-refractivity contribution < 1.29 is 23.5 Å². The predicted molar refractivity (Wildman–Crippen MR) is 101 cm³/mol. The number of anilines is 1. The molecule has 0 radical (unpaired) electrons. The predicted octanol–water partition coefficient (Wildman–Crippen LogP) is 4.42. The van der Waals surface area contributed by atoms with Crippen molar-refractivity contribution in [3.8, 4) is 0 Å². The highest BCUT2D eigenvalue weighted by atomic mass is 79.9. The Morgan fingerprint density at radius 2 is 1.78 bits per heavy atom. The van der Waals surface area contributed by atoms with Crippen LogP contribution < -0.4 is 5.32 Å². The van der Waals surface area contributed by atoms with E-state index in [0.717, 1.165) is 0 Å². The lowest BCUT2D eigenvalue weighted by atomic mass is 9.70. The van der Waals surface area contributed by atoms with Gasteiger partial charge in [-0.25, -0.2) is 4.79 Å². The summed E-state index contributed by atoms with van der Waals surface area (Å²) in [6.07, 6.45) is 1.60. The van der Waals surface area contributed by atoms with E-state index in [0.29, 0.717) is 15.7 Å². The molecule has 4 nitrogen and oxygen atoms in total. The standard InChI is InChI=1S/C20H16BrF2NO3/c21-14-8-4-5-9-15(14)24-16-10-11-17(25)19(16,12-20(22,23)18(26)27)13-6-2-1-3-7-13/h1-11,16,24H,12H2,(H,26,27)/t16-,19-/m1/s1.